The Bertz CT molecular complexity index is 351. The molecule has 0 saturated heterocycles. The van der Waals surface area contributed by atoms with Crippen LogP contribution in [-0.4, -0.2) is 24.0 Å². The van der Waals surface area contributed by atoms with Gasteiger partial charge in [0.15, 0.2) is 0 Å². The Hall–Kier alpha value is -0.940. The van der Waals surface area contributed by atoms with Crippen LogP contribution < -0.4 is 11.1 Å². The molecule has 1 unspecified atom stereocenters. The third kappa shape index (κ3) is 5.28. The zero-order valence-corrected chi connectivity index (χ0v) is 11.3. The molecule has 1 amide bonds. The monoisotopic (exact) mass is 255 g/mol. The van der Waals surface area contributed by atoms with Gasteiger partial charge in [-0.2, -0.15) is 0 Å². The molecule has 1 rings (SSSR count). The van der Waals surface area contributed by atoms with Crippen molar-refractivity contribution in [2.24, 2.45) is 11.7 Å². The zero-order chi connectivity index (χ0) is 12.7. The van der Waals surface area contributed by atoms with E-state index in [4.69, 9.17) is 5.73 Å². The van der Waals surface area contributed by atoms with Crippen molar-refractivity contribution in [2.75, 3.05) is 13.1 Å². The summed E-state index contributed by atoms with van der Waals surface area (Å²) in [5.74, 6) is 0.168. The van der Waals surface area contributed by atoms with Crippen molar-refractivity contribution < 1.29 is 4.79 Å². The Morgan fingerprint density at radius 2 is 2.41 bits per heavy atom. The minimum absolute atomic E-state index is 0.0516. The molecule has 3 N–H and O–H groups in total. The topological polar surface area (TPSA) is 68.0 Å². The van der Waals surface area contributed by atoms with E-state index in [-0.39, 0.29) is 11.8 Å². The molecule has 4 nitrogen and oxygen atoms in total. The van der Waals surface area contributed by atoms with Crippen LogP contribution in [0.25, 0.3) is 0 Å². The highest BCUT2D eigenvalue weighted by Crippen LogP contribution is 2.08. The molecule has 0 saturated carbocycles. The van der Waals surface area contributed by atoms with Crippen LogP contribution in [0.15, 0.2) is 5.38 Å². The van der Waals surface area contributed by atoms with Crippen molar-refractivity contribution in [3.8, 4) is 0 Å². The highest BCUT2D eigenvalue weighted by atomic mass is 32.1. The second-order valence-electron chi connectivity index (χ2n) is 4.23. The van der Waals surface area contributed by atoms with Gasteiger partial charge in [-0.3, -0.25) is 4.79 Å². The van der Waals surface area contributed by atoms with Crippen LogP contribution in [0.1, 0.15) is 30.5 Å². The molecule has 1 aromatic heterocycles. The summed E-state index contributed by atoms with van der Waals surface area (Å²) in [6.45, 7) is 5.24. The average Bonchev–Trinajstić information content (AvgIpc) is 2.71. The molecule has 5 heteroatoms. The maximum absolute atomic E-state index is 11.7. The van der Waals surface area contributed by atoms with E-state index < -0.39 is 0 Å². The lowest BCUT2D eigenvalue weighted by Gasteiger charge is -2.10. The first-order valence-electron chi connectivity index (χ1n) is 6.02. The molecular formula is C12H21N3OS. The number of nitrogens with one attached hydrogen (secondary N) is 1. The molecule has 0 aliphatic carbocycles. The number of nitrogens with zero attached hydrogens (tertiary/aromatic N) is 1. The van der Waals surface area contributed by atoms with E-state index in [0.717, 1.165) is 30.0 Å². The van der Waals surface area contributed by atoms with E-state index in [2.05, 4.69) is 10.3 Å². The van der Waals surface area contributed by atoms with Crippen LogP contribution in [0.4, 0.5) is 0 Å². The molecule has 0 aliphatic rings. The number of hydrogen-bond acceptors (Lipinski definition) is 4. The third-order valence-electron chi connectivity index (χ3n) is 2.64. The molecular weight excluding hydrogens is 234 g/mol. The normalized spacial score (nSPS) is 12.4. The van der Waals surface area contributed by atoms with Gasteiger partial charge in [0.2, 0.25) is 5.91 Å². The van der Waals surface area contributed by atoms with E-state index in [1.165, 1.54) is 0 Å². The SMILES string of the molecule is Cc1nc(CCNC(=O)C(C)CCCN)cs1. The second-order valence-corrected chi connectivity index (χ2v) is 5.29. The van der Waals surface area contributed by atoms with E-state index >= 15 is 0 Å². The van der Waals surface area contributed by atoms with Crippen LogP contribution in [0.5, 0.6) is 0 Å². The Morgan fingerprint density at radius 1 is 1.65 bits per heavy atom. The molecule has 96 valence electrons. The maximum atomic E-state index is 11.7. The number of aryl methyl sites for hydroxylation is 1. The van der Waals surface area contributed by atoms with Crippen LogP contribution in [0, 0.1) is 12.8 Å². The van der Waals surface area contributed by atoms with Crippen LogP contribution >= 0.6 is 11.3 Å². The Kier molecular flexibility index (Phi) is 6.15. The summed E-state index contributed by atoms with van der Waals surface area (Å²) in [5, 5.41) is 6.05. The second kappa shape index (κ2) is 7.40. The van der Waals surface area contributed by atoms with Crippen molar-refractivity contribution in [1.82, 2.24) is 10.3 Å². The summed E-state index contributed by atoms with van der Waals surface area (Å²) >= 11 is 1.64. The van der Waals surface area contributed by atoms with Crippen molar-refractivity contribution in [3.63, 3.8) is 0 Å². The molecule has 0 bridgehead atoms. The maximum Gasteiger partial charge on any atom is 0.222 e. The number of aromatic nitrogens is 1. The zero-order valence-electron chi connectivity index (χ0n) is 10.5. The summed E-state index contributed by atoms with van der Waals surface area (Å²) in [4.78, 5) is 16.0. The summed E-state index contributed by atoms with van der Waals surface area (Å²) in [6, 6.07) is 0. The Labute approximate surface area is 107 Å². The van der Waals surface area contributed by atoms with Gasteiger partial charge in [0.25, 0.3) is 0 Å². The first-order valence-corrected chi connectivity index (χ1v) is 6.90. The van der Waals surface area contributed by atoms with E-state index in [0.29, 0.717) is 13.1 Å². The van der Waals surface area contributed by atoms with Gasteiger partial charge in [0.05, 0.1) is 10.7 Å². The van der Waals surface area contributed by atoms with Crippen molar-refractivity contribution in [2.45, 2.75) is 33.1 Å². The number of hydrogen-bond donors (Lipinski definition) is 2. The molecule has 0 aliphatic heterocycles. The predicted octanol–water partition coefficient (Wildman–Crippen LogP) is 1.49. The lowest BCUT2D eigenvalue weighted by molar-refractivity contribution is -0.124. The molecule has 0 spiro atoms. The van der Waals surface area contributed by atoms with Gasteiger partial charge < -0.3 is 11.1 Å². The van der Waals surface area contributed by atoms with Gasteiger partial charge in [-0.05, 0) is 26.3 Å². The van der Waals surface area contributed by atoms with Gasteiger partial charge in [0.1, 0.15) is 0 Å². The van der Waals surface area contributed by atoms with E-state index in [9.17, 15) is 4.79 Å². The number of carbonyl (C=O) groups is 1. The van der Waals surface area contributed by atoms with Crippen LogP contribution in [0.3, 0.4) is 0 Å². The van der Waals surface area contributed by atoms with Gasteiger partial charge in [-0.15, -0.1) is 11.3 Å². The van der Waals surface area contributed by atoms with Crippen LogP contribution in [0.2, 0.25) is 0 Å². The highest BCUT2D eigenvalue weighted by Gasteiger charge is 2.11. The molecule has 0 aromatic carbocycles. The number of nitrogens with two attached hydrogens (primary N) is 1. The fourth-order valence-corrected chi connectivity index (χ4v) is 2.21. The molecule has 0 fully saturated rings. The summed E-state index contributed by atoms with van der Waals surface area (Å²) in [7, 11) is 0. The van der Waals surface area contributed by atoms with Gasteiger partial charge in [-0.25, -0.2) is 4.98 Å². The van der Waals surface area contributed by atoms with E-state index in [1.807, 2.05) is 19.2 Å². The van der Waals surface area contributed by atoms with Gasteiger partial charge in [-0.1, -0.05) is 6.92 Å². The standard InChI is InChI=1S/C12H21N3OS/c1-9(4-3-6-13)12(16)14-7-5-11-8-17-10(2)15-11/h8-9H,3-7,13H2,1-2H3,(H,14,16). The minimum Gasteiger partial charge on any atom is -0.355 e. The molecule has 1 aromatic rings. The molecule has 1 heterocycles. The van der Waals surface area contributed by atoms with Crippen molar-refractivity contribution >= 4 is 17.2 Å². The molecule has 0 radical (unpaired) electrons. The van der Waals surface area contributed by atoms with Crippen molar-refractivity contribution in [3.05, 3.63) is 16.1 Å². The van der Waals surface area contributed by atoms with Gasteiger partial charge >= 0.3 is 0 Å². The van der Waals surface area contributed by atoms with Gasteiger partial charge in [0, 0.05) is 24.3 Å². The van der Waals surface area contributed by atoms with Crippen molar-refractivity contribution in [1.29, 1.82) is 0 Å². The van der Waals surface area contributed by atoms with E-state index in [1.54, 1.807) is 11.3 Å². The first kappa shape index (κ1) is 14.1. The Balaban J connectivity index is 2.19. The predicted molar refractivity (Wildman–Crippen MR) is 71.0 cm³/mol. The first-order chi connectivity index (χ1) is 8.13. The molecule has 17 heavy (non-hydrogen) atoms. The molecule has 1 atom stereocenters. The minimum atomic E-state index is 0.0516. The summed E-state index contributed by atoms with van der Waals surface area (Å²) in [6.07, 6.45) is 2.57. The average molecular weight is 255 g/mol. The fourth-order valence-electron chi connectivity index (χ4n) is 1.57. The highest BCUT2D eigenvalue weighted by molar-refractivity contribution is 7.09. The lowest BCUT2D eigenvalue weighted by Crippen LogP contribution is -2.31. The Morgan fingerprint density at radius 3 is 3.00 bits per heavy atom. The summed E-state index contributed by atoms with van der Waals surface area (Å²) < 4.78 is 0. The fraction of sp³-hybridized carbons (Fsp3) is 0.667. The third-order valence-corrected chi connectivity index (χ3v) is 3.46. The summed E-state index contributed by atoms with van der Waals surface area (Å²) in [5.41, 5.74) is 6.47. The lowest BCUT2D eigenvalue weighted by atomic mass is 10.1. The number of rotatable bonds is 7. The quantitative estimate of drug-likeness (QED) is 0.775. The number of carbonyl (C=O) groups excluding carboxylic acids is 1. The largest absolute Gasteiger partial charge is 0.355 e. The number of thiazole rings is 1. The smallest absolute Gasteiger partial charge is 0.222 e. The van der Waals surface area contributed by atoms with Crippen LogP contribution in [-0.2, 0) is 11.2 Å². The number of amides is 1.